The van der Waals surface area contributed by atoms with Crippen molar-refractivity contribution in [2.75, 3.05) is 11.4 Å². The quantitative estimate of drug-likeness (QED) is 0.463. The average Bonchev–Trinajstić information content (AvgIpc) is 3.14. The standard InChI is InChI=1S/C25H31NS/c1-17(2)20-12-9-10-18(3)23(20)26-16-25(6,15-24(26,4)5)22-14-19-11-7-8-13-21(19)27-22/h7-14,17H,15-16H2,1-6H3. The van der Waals surface area contributed by atoms with Gasteiger partial charge in [-0.3, -0.25) is 0 Å². The second-order valence-electron chi connectivity index (χ2n) is 9.45. The lowest BCUT2D eigenvalue weighted by Crippen LogP contribution is -2.39. The molecule has 4 rings (SSSR count). The summed E-state index contributed by atoms with van der Waals surface area (Å²) in [5.41, 5.74) is 4.66. The van der Waals surface area contributed by atoms with Gasteiger partial charge in [-0.25, -0.2) is 0 Å². The van der Waals surface area contributed by atoms with Gasteiger partial charge in [-0.05, 0) is 61.8 Å². The van der Waals surface area contributed by atoms with Crippen molar-refractivity contribution in [3.63, 3.8) is 0 Å². The van der Waals surface area contributed by atoms with Crippen LogP contribution in [-0.2, 0) is 5.41 Å². The maximum absolute atomic E-state index is 2.70. The minimum atomic E-state index is 0.140. The van der Waals surface area contributed by atoms with Crippen molar-refractivity contribution in [2.45, 2.75) is 64.8 Å². The van der Waals surface area contributed by atoms with Gasteiger partial charge in [0.1, 0.15) is 0 Å². The number of hydrogen-bond acceptors (Lipinski definition) is 2. The van der Waals surface area contributed by atoms with Gasteiger partial charge in [0.15, 0.2) is 0 Å². The number of rotatable bonds is 3. The first-order valence-electron chi connectivity index (χ1n) is 10.1. The maximum Gasteiger partial charge on any atom is 0.0435 e. The number of hydrogen-bond donors (Lipinski definition) is 0. The number of anilines is 1. The number of nitrogens with zero attached hydrogens (tertiary/aromatic N) is 1. The molecule has 142 valence electrons. The number of benzene rings is 2. The van der Waals surface area contributed by atoms with Crippen molar-refractivity contribution in [1.29, 1.82) is 0 Å². The van der Waals surface area contributed by atoms with Crippen molar-refractivity contribution < 1.29 is 0 Å². The van der Waals surface area contributed by atoms with Gasteiger partial charge in [0.2, 0.25) is 0 Å². The van der Waals surface area contributed by atoms with Crippen LogP contribution in [0.2, 0.25) is 0 Å². The Morgan fingerprint density at radius 1 is 1.00 bits per heavy atom. The molecule has 1 nitrogen and oxygen atoms in total. The summed E-state index contributed by atoms with van der Waals surface area (Å²) in [4.78, 5) is 4.22. The van der Waals surface area contributed by atoms with Crippen LogP contribution in [0.1, 0.15) is 63.0 Å². The average molecular weight is 378 g/mol. The third-order valence-electron chi connectivity index (χ3n) is 6.24. The number of para-hydroxylation sites is 1. The van der Waals surface area contributed by atoms with E-state index in [0.717, 1.165) is 6.54 Å². The lowest BCUT2D eigenvalue weighted by atomic mass is 9.82. The van der Waals surface area contributed by atoms with Crippen LogP contribution in [0, 0.1) is 6.92 Å². The third kappa shape index (κ3) is 3.08. The summed E-state index contributed by atoms with van der Waals surface area (Å²) in [5, 5.41) is 1.38. The molecule has 1 saturated heterocycles. The molecule has 0 amide bonds. The number of thiophene rings is 1. The second kappa shape index (κ2) is 6.38. The summed E-state index contributed by atoms with van der Waals surface area (Å²) < 4.78 is 1.41. The fourth-order valence-electron chi connectivity index (χ4n) is 5.01. The molecule has 2 heterocycles. The topological polar surface area (TPSA) is 3.24 Å². The van der Waals surface area contributed by atoms with E-state index in [2.05, 4.69) is 95.0 Å². The SMILES string of the molecule is Cc1cccc(C(C)C)c1N1CC(C)(c2cc3ccccc3s2)CC1(C)C. The van der Waals surface area contributed by atoms with Crippen LogP contribution in [0.25, 0.3) is 10.1 Å². The van der Waals surface area contributed by atoms with Gasteiger partial charge < -0.3 is 4.90 Å². The minimum absolute atomic E-state index is 0.140. The van der Waals surface area contributed by atoms with Crippen molar-refractivity contribution in [2.24, 2.45) is 0 Å². The monoisotopic (exact) mass is 377 g/mol. The van der Waals surface area contributed by atoms with Gasteiger partial charge in [0.05, 0.1) is 0 Å². The molecule has 1 fully saturated rings. The highest BCUT2D eigenvalue weighted by atomic mass is 32.1. The number of aryl methyl sites for hydroxylation is 1. The number of fused-ring (bicyclic) bond motifs is 1. The maximum atomic E-state index is 2.70. The molecule has 1 aliphatic rings. The molecule has 0 radical (unpaired) electrons. The summed E-state index contributed by atoms with van der Waals surface area (Å²) in [6.07, 6.45) is 1.18. The predicted molar refractivity (Wildman–Crippen MR) is 120 cm³/mol. The molecule has 0 spiro atoms. The van der Waals surface area contributed by atoms with Crippen molar-refractivity contribution in [3.05, 3.63) is 64.5 Å². The highest BCUT2D eigenvalue weighted by molar-refractivity contribution is 7.19. The molecule has 0 saturated carbocycles. The van der Waals surface area contributed by atoms with Crippen molar-refractivity contribution in [3.8, 4) is 0 Å². The van der Waals surface area contributed by atoms with Crippen LogP contribution in [0.15, 0.2) is 48.5 Å². The van der Waals surface area contributed by atoms with E-state index in [1.54, 1.807) is 0 Å². The predicted octanol–water partition coefficient (Wildman–Crippen LogP) is 7.28. The smallest absolute Gasteiger partial charge is 0.0435 e. The van der Waals surface area contributed by atoms with E-state index in [-0.39, 0.29) is 11.0 Å². The van der Waals surface area contributed by atoms with Crippen LogP contribution in [0.3, 0.4) is 0 Å². The molecule has 1 unspecified atom stereocenters. The Kier molecular flexibility index (Phi) is 4.38. The summed E-state index contributed by atoms with van der Waals surface area (Å²) in [6.45, 7) is 15.3. The van der Waals surface area contributed by atoms with Crippen LogP contribution in [0.5, 0.6) is 0 Å². The van der Waals surface area contributed by atoms with E-state index in [9.17, 15) is 0 Å². The van der Waals surface area contributed by atoms with Crippen molar-refractivity contribution in [1.82, 2.24) is 0 Å². The Bertz CT molecular complexity index is 948. The Morgan fingerprint density at radius 2 is 1.74 bits per heavy atom. The molecule has 3 aromatic rings. The zero-order chi connectivity index (χ0) is 19.4. The highest BCUT2D eigenvalue weighted by Gasteiger charge is 2.48. The first-order chi connectivity index (χ1) is 12.7. The lowest BCUT2D eigenvalue weighted by Gasteiger charge is -2.37. The molecule has 0 N–H and O–H groups in total. The highest BCUT2D eigenvalue weighted by Crippen LogP contribution is 2.50. The van der Waals surface area contributed by atoms with E-state index in [0.29, 0.717) is 5.92 Å². The molecule has 1 atom stereocenters. The minimum Gasteiger partial charge on any atom is -0.365 e. The molecule has 0 bridgehead atoms. The van der Waals surface area contributed by atoms with Gasteiger partial charge in [-0.1, -0.05) is 57.2 Å². The zero-order valence-electron chi connectivity index (χ0n) is 17.5. The summed E-state index contributed by atoms with van der Waals surface area (Å²) in [7, 11) is 0. The second-order valence-corrected chi connectivity index (χ2v) is 10.5. The summed E-state index contributed by atoms with van der Waals surface area (Å²) in [5.74, 6) is 0.534. The first-order valence-corrected chi connectivity index (χ1v) is 10.9. The zero-order valence-corrected chi connectivity index (χ0v) is 18.3. The van der Waals surface area contributed by atoms with E-state index >= 15 is 0 Å². The van der Waals surface area contributed by atoms with Gasteiger partial charge >= 0.3 is 0 Å². The Hall–Kier alpha value is -1.80. The molecule has 0 aliphatic carbocycles. The Balaban J connectivity index is 1.79. The van der Waals surface area contributed by atoms with Gasteiger partial charge in [0.25, 0.3) is 0 Å². The van der Waals surface area contributed by atoms with Crippen molar-refractivity contribution >= 4 is 27.1 Å². The first kappa shape index (κ1) is 18.6. The van der Waals surface area contributed by atoms with Gasteiger partial charge in [0, 0.05) is 32.8 Å². The molecule has 1 aromatic heterocycles. The van der Waals surface area contributed by atoms with E-state index in [1.807, 2.05) is 11.3 Å². The molecular weight excluding hydrogens is 346 g/mol. The van der Waals surface area contributed by atoms with E-state index in [4.69, 9.17) is 0 Å². The molecule has 2 aromatic carbocycles. The van der Waals surface area contributed by atoms with Crippen LogP contribution in [-0.4, -0.2) is 12.1 Å². The molecule has 2 heteroatoms. The fourth-order valence-corrected chi connectivity index (χ4v) is 6.21. The van der Waals surface area contributed by atoms with Gasteiger partial charge in [-0.15, -0.1) is 11.3 Å². The molecule has 1 aliphatic heterocycles. The largest absolute Gasteiger partial charge is 0.365 e. The summed E-state index contributed by atoms with van der Waals surface area (Å²) >= 11 is 1.98. The van der Waals surface area contributed by atoms with Crippen LogP contribution in [0.4, 0.5) is 5.69 Å². The summed E-state index contributed by atoms with van der Waals surface area (Å²) in [6, 6.07) is 18.0. The lowest BCUT2D eigenvalue weighted by molar-refractivity contribution is 0.450. The van der Waals surface area contributed by atoms with E-state index < -0.39 is 0 Å². The van der Waals surface area contributed by atoms with Crippen LogP contribution >= 0.6 is 11.3 Å². The Morgan fingerprint density at radius 3 is 2.44 bits per heavy atom. The molecular formula is C25H31NS. The fraction of sp³-hybridized carbons (Fsp3) is 0.440. The Labute approximate surface area is 168 Å². The van der Waals surface area contributed by atoms with Crippen LogP contribution < -0.4 is 4.90 Å². The third-order valence-corrected chi connectivity index (χ3v) is 7.66. The van der Waals surface area contributed by atoms with E-state index in [1.165, 1.54) is 38.2 Å². The molecule has 27 heavy (non-hydrogen) atoms. The normalized spacial score (nSPS) is 22.1. The van der Waals surface area contributed by atoms with Gasteiger partial charge in [-0.2, -0.15) is 0 Å².